The van der Waals surface area contributed by atoms with Crippen molar-refractivity contribution in [3.05, 3.63) is 78.0 Å². The predicted octanol–water partition coefficient (Wildman–Crippen LogP) is 3.51. The van der Waals surface area contributed by atoms with Crippen LogP contribution in [0.2, 0.25) is 0 Å². The molecule has 2 N–H and O–H groups in total. The number of hydrogen-bond acceptors (Lipinski definition) is 5. The average molecular weight is 511 g/mol. The number of aromatic nitrogens is 3. The molecular formula is C27H32F2N6O2. The third-order valence-corrected chi connectivity index (χ3v) is 6.52. The van der Waals surface area contributed by atoms with E-state index in [1.54, 1.807) is 12.5 Å². The Balaban J connectivity index is 1.26. The molecule has 0 saturated carbocycles. The van der Waals surface area contributed by atoms with E-state index in [1.165, 1.54) is 5.56 Å². The maximum Gasteiger partial charge on any atom is 0.248 e. The first-order valence-corrected chi connectivity index (χ1v) is 12.6. The molecule has 10 heteroatoms. The van der Waals surface area contributed by atoms with Gasteiger partial charge in [0.05, 0.1) is 12.7 Å². The molecule has 2 aromatic heterocycles. The Hall–Kier alpha value is -3.66. The molecule has 1 fully saturated rings. The summed E-state index contributed by atoms with van der Waals surface area (Å²) >= 11 is 0. The van der Waals surface area contributed by atoms with Gasteiger partial charge in [-0.05, 0) is 60.7 Å². The Morgan fingerprint density at radius 2 is 1.89 bits per heavy atom. The van der Waals surface area contributed by atoms with Gasteiger partial charge in [0.25, 0.3) is 0 Å². The van der Waals surface area contributed by atoms with Gasteiger partial charge >= 0.3 is 0 Å². The summed E-state index contributed by atoms with van der Waals surface area (Å²) in [6, 6.07) is 6.33. The number of nitrogens with one attached hydrogen (secondary N) is 2. The molecule has 0 aliphatic carbocycles. The van der Waals surface area contributed by atoms with E-state index in [4.69, 9.17) is 0 Å². The van der Waals surface area contributed by atoms with E-state index in [-0.39, 0.29) is 17.9 Å². The number of likely N-dealkylation sites (tertiary alicyclic amines) is 1. The van der Waals surface area contributed by atoms with Crippen molar-refractivity contribution < 1.29 is 18.4 Å². The van der Waals surface area contributed by atoms with E-state index in [9.17, 15) is 18.4 Å². The summed E-state index contributed by atoms with van der Waals surface area (Å²) < 4.78 is 28.8. The van der Waals surface area contributed by atoms with Crippen molar-refractivity contribution >= 4 is 17.6 Å². The molecule has 37 heavy (non-hydrogen) atoms. The highest BCUT2D eigenvalue weighted by atomic mass is 19.1. The van der Waals surface area contributed by atoms with Crippen LogP contribution in [-0.2, 0) is 22.6 Å². The fraction of sp³-hybridized carbons (Fsp3) is 0.407. The largest absolute Gasteiger partial charge is 0.344 e. The number of imidazole rings is 1. The van der Waals surface area contributed by atoms with E-state index in [0.717, 1.165) is 50.8 Å². The van der Waals surface area contributed by atoms with Crippen LogP contribution in [0.4, 0.5) is 14.6 Å². The van der Waals surface area contributed by atoms with Crippen LogP contribution < -0.4 is 10.6 Å². The summed E-state index contributed by atoms with van der Waals surface area (Å²) in [4.78, 5) is 36.1. The smallest absolute Gasteiger partial charge is 0.248 e. The predicted molar refractivity (Wildman–Crippen MR) is 136 cm³/mol. The Morgan fingerprint density at radius 1 is 1.14 bits per heavy atom. The van der Waals surface area contributed by atoms with Crippen LogP contribution in [0, 0.1) is 11.6 Å². The molecular weight excluding hydrogens is 478 g/mol. The fourth-order valence-electron chi connectivity index (χ4n) is 4.66. The number of nitrogens with zero attached hydrogens (tertiary/aromatic N) is 4. The number of benzene rings is 1. The molecule has 3 heterocycles. The van der Waals surface area contributed by atoms with E-state index in [0.29, 0.717) is 24.6 Å². The minimum absolute atomic E-state index is 0.203. The zero-order chi connectivity index (χ0) is 26.2. The molecule has 1 saturated heterocycles. The summed E-state index contributed by atoms with van der Waals surface area (Å²) in [5, 5.41) is 5.44. The third-order valence-electron chi connectivity index (χ3n) is 6.52. The number of rotatable bonds is 11. The normalized spacial score (nSPS) is 16.5. The van der Waals surface area contributed by atoms with Gasteiger partial charge in [-0.15, -0.1) is 0 Å². The highest BCUT2D eigenvalue weighted by molar-refractivity contribution is 5.96. The second-order valence-electron chi connectivity index (χ2n) is 9.42. The maximum absolute atomic E-state index is 13.4. The molecule has 2 atom stereocenters. The van der Waals surface area contributed by atoms with Gasteiger partial charge < -0.3 is 20.1 Å². The van der Waals surface area contributed by atoms with Crippen molar-refractivity contribution in [2.24, 2.45) is 0 Å². The van der Waals surface area contributed by atoms with Gasteiger partial charge in [-0.3, -0.25) is 14.6 Å². The first kappa shape index (κ1) is 26.4. The zero-order valence-electron chi connectivity index (χ0n) is 20.9. The van der Waals surface area contributed by atoms with Gasteiger partial charge in [0, 0.05) is 44.3 Å². The lowest BCUT2D eigenvalue weighted by molar-refractivity contribution is -0.126. The summed E-state index contributed by atoms with van der Waals surface area (Å²) in [6.07, 6.45) is 9.10. The van der Waals surface area contributed by atoms with E-state index in [1.807, 2.05) is 23.9 Å². The molecule has 0 bridgehead atoms. The van der Waals surface area contributed by atoms with Gasteiger partial charge in [0.2, 0.25) is 11.8 Å². The number of amides is 2. The lowest BCUT2D eigenvalue weighted by Crippen LogP contribution is -2.44. The maximum atomic E-state index is 13.4. The molecule has 2 amide bonds. The van der Waals surface area contributed by atoms with E-state index >= 15 is 0 Å². The van der Waals surface area contributed by atoms with E-state index < -0.39 is 23.6 Å². The van der Waals surface area contributed by atoms with Gasteiger partial charge in [0.1, 0.15) is 17.7 Å². The molecule has 3 aromatic rings. The molecule has 1 aliphatic rings. The number of hydrogen-bond donors (Lipinski definition) is 2. The van der Waals surface area contributed by atoms with Crippen molar-refractivity contribution in [1.29, 1.82) is 0 Å². The SMILES string of the molecule is CCC[C@H](NC(=O)Cc1cc(F)cc(F)c1)C(=O)Nc1cn(CCN2CCC(c3ccncc3)C2)cn1. The van der Waals surface area contributed by atoms with Crippen LogP contribution in [0.1, 0.15) is 43.2 Å². The topological polar surface area (TPSA) is 92.2 Å². The Labute approximate surface area is 215 Å². The summed E-state index contributed by atoms with van der Waals surface area (Å²) in [5.74, 6) is -1.44. The number of carbonyl (C=O) groups excluding carboxylic acids is 2. The summed E-state index contributed by atoms with van der Waals surface area (Å²) in [7, 11) is 0. The van der Waals surface area contributed by atoms with Gasteiger partial charge in [0.15, 0.2) is 5.82 Å². The van der Waals surface area contributed by atoms with Crippen LogP contribution >= 0.6 is 0 Å². The number of anilines is 1. The summed E-state index contributed by atoms with van der Waals surface area (Å²) in [6.45, 7) is 5.56. The zero-order valence-corrected chi connectivity index (χ0v) is 20.9. The second-order valence-corrected chi connectivity index (χ2v) is 9.42. The van der Waals surface area contributed by atoms with Gasteiger partial charge in [-0.1, -0.05) is 13.3 Å². The molecule has 0 spiro atoms. The molecule has 1 aromatic carbocycles. The monoisotopic (exact) mass is 510 g/mol. The second kappa shape index (κ2) is 12.5. The highest BCUT2D eigenvalue weighted by Crippen LogP contribution is 2.26. The standard InChI is InChI=1S/C27H32F2N6O2/c1-2-3-24(32-26(36)14-19-12-22(28)15-23(29)13-19)27(37)33-25-17-35(18-31-25)11-10-34-9-6-21(16-34)20-4-7-30-8-5-20/h4-5,7-8,12-13,15,17-18,21,24H,2-3,6,9-11,14,16H2,1H3,(H,32,36)(H,33,37)/t21?,24-/m0/s1. The highest BCUT2D eigenvalue weighted by Gasteiger charge is 2.24. The van der Waals surface area contributed by atoms with Crippen molar-refractivity contribution in [1.82, 2.24) is 24.8 Å². The minimum atomic E-state index is -0.782. The summed E-state index contributed by atoms with van der Waals surface area (Å²) in [5.41, 5.74) is 1.52. The molecule has 196 valence electrons. The fourth-order valence-corrected chi connectivity index (χ4v) is 4.66. The van der Waals surface area contributed by atoms with Crippen LogP contribution in [0.15, 0.2) is 55.2 Å². The Bertz CT molecular complexity index is 1180. The first-order valence-electron chi connectivity index (χ1n) is 12.6. The Morgan fingerprint density at radius 3 is 2.62 bits per heavy atom. The molecule has 1 unspecified atom stereocenters. The van der Waals surface area contributed by atoms with Crippen LogP contribution in [-0.4, -0.2) is 56.9 Å². The first-order chi connectivity index (χ1) is 17.9. The van der Waals surface area contributed by atoms with Crippen molar-refractivity contribution in [2.45, 2.75) is 51.1 Å². The molecule has 4 rings (SSSR count). The molecule has 0 radical (unpaired) electrons. The van der Waals surface area contributed by atoms with Crippen molar-refractivity contribution in [2.75, 3.05) is 25.0 Å². The van der Waals surface area contributed by atoms with Gasteiger partial charge in [-0.25, -0.2) is 13.8 Å². The van der Waals surface area contributed by atoms with Crippen LogP contribution in [0.5, 0.6) is 0 Å². The number of halogens is 2. The molecule has 8 nitrogen and oxygen atoms in total. The third kappa shape index (κ3) is 7.66. The number of pyridine rings is 1. The lowest BCUT2D eigenvalue weighted by atomic mass is 10.00. The van der Waals surface area contributed by atoms with E-state index in [2.05, 4.69) is 37.6 Å². The minimum Gasteiger partial charge on any atom is -0.344 e. The van der Waals surface area contributed by atoms with Crippen LogP contribution in [0.25, 0.3) is 0 Å². The van der Waals surface area contributed by atoms with Gasteiger partial charge in [-0.2, -0.15) is 0 Å². The lowest BCUT2D eigenvalue weighted by Gasteiger charge is -2.17. The number of carbonyl (C=O) groups is 2. The quantitative estimate of drug-likeness (QED) is 0.412. The van der Waals surface area contributed by atoms with Crippen LogP contribution in [0.3, 0.4) is 0 Å². The van der Waals surface area contributed by atoms with Crippen molar-refractivity contribution in [3.63, 3.8) is 0 Å². The average Bonchev–Trinajstić information content (AvgIpc) is 3.52. The Kier molecular flexibility index (Phi) is 8.95. The van der Waals surface area contributed by atoms with Crippen molar-refractivity contribution in [3.8, 4) is 0 Å². The molecule has 1 aliphatic heterocycles.